The summed E-state index contributed by atoms with van der Waals surface area (Å²) in [6.07, 6.45) is 0. The molecule has 172 valence electrons. The van der Waals surface area contributed by atoms with Crippen molar-refractivity contribution in [3.05, 3.63) is 127 Å². The van der Waals surface area contributed by atoms with Crippen molar-refractivity contribution >= 4 is 17.5 Å². The summed E-state index contributed by atoms with van der Waals surface area (Å²) in [6.45, 7) is 3.99. The third-order valence-corrected chi connectivity index (χ3v) is 5.96. The lowest BCUT2D eigenvalue weighted by molar-refractivity contribution is 0.0941. The van der Waals surface area contributed by atoms with Crippen LogP contribution in [0.15, 0.2) is 82.4 Å². The van der Waals surface area contributed by atoms with E-state index in [0.29, 0.717) is 16.3 Å². The van der Waals surface area contributed by atoms with Crippen molar-refractivity contribution in [3.63, 3.8) is 0 Å². The van der Waals surface area contributed by atoms with Crippen LogP contribution < -0.4 is 16.6 Å². The van der Waals surface area contributed by atoms with Crippen LogP contribution in [0, 0.1) is 13.8 Å². The van der Waals surface area contributed by atoms with Crippen LogP contribution in [-0.4, -0.2) is 20.3 Å². The summed E-state index contributed by atoms with van der Waals surface area (Å²) in [7, 11) is 0. The highest BCUT2D eigenvalue weighted by molar-refractivity contribution is 6.31. The van der Waals surface area contributed by atoms with Crippen molar-refractivity contribution in [2.75, 3.05) is 0 Å². The Morgan fingerprint density at radius 3 is 2.35 bits per heavy atom. The third kappa shape index (κ3) is 4.84. The van der Waals surface area contributed by atoms with Crippen LogP contribution in [0.2, 0.25) is 5.02 Å². The zero-order chi connectivity index (χ0) is 24.2. The topological polar surface area (TPSA) is 86.0 Å². The third-order valence-electron chi connectivity index (χ3n) is 5.59. The van der Waals surface area contributed by atoms with Gasteiger partial charge in [0.05, 0.1) is 12.2 Å². The number of amides is 1. The number of benzene rings is 3. The van der Waals surface area contributed by atoms with Crippen LogP contribution in [0.25, 0.3) is 5.69 Å². The molecule has 0 fully saturated rings. The van der Waals surface area contributed by atoms with Gasteiger partial charge in [-0.2, -0.15) is 9.78 Å². The number of carbonyl (C=O) groups excluding carboxylic acids is 1. The monoisotopic (exact) mass is 474 g/mol. The number of aryl methyl sites for hydroxylation is 2. The Morgan fingerprint density at radius 2 is 1.65 bits per heavy atom. The number of halogens is 1. The molecule has 0 spiro atoms. The molecule has 0 aliphatic rings. The SMILES string of the molecule is Cc1ccc(-n2nc(C(=O)NCc3ccccc3)c(=O)n(Cc3ccccc3Cl)c2=O)cc1C. The first-order chi connectivity index (χ1) is 16.3. The molecule has 0 radical (unpaired) electrons. The van der Waals surface area contributed by atoms with Gasteiger partial charge in [-0.25, -0.2) is 4.79 Å². The summed E-state index contributed by atoms with van der Waals surface area (Å²) in [5.41, 5.74) is 2.08. The van der Waals surface area contributed by atoms with E-state index in [0.717, 1.165) is 25.9 Å². The lowest BCUT2D eigenvalue weighted by atomic mass is 10.1. The second-order valence-corrected chi connectivity index (χ2v) is 8.37. The Kier molecular flexibility index (Phi) is 6.75. The van der Waals surface area contributed by atoms with Gasteiger partial charge in [0.2, 0.25) is 5.69 Å². The zero-order valence-corrected chi connectivity index (χ0v) is 19.5. The fourth-order valence-corrected chi connectivity index (χ4v) is 3.68. The van der Waals surface area contributed by atoms with Crippen molar-refractivity contribution in [2.24, 2.45) is 0 Å². The molecule has 7 nitrogen and oxygen atoms in total. The minimum Gasteiger partial charge on any atom is -0.346 e. The first kappa shape index (κ1) is 23.2. The molecule has 0 saturated carbocycles. The van der Waals surface area contributed by atoms with Crippen LogP contribution >= 0.6 is 11.6 Å². The van der Waals surface area contributed by atoms with Crippen LogP contribution in [0.1, 0.15) is 32.7 Å². The van der Waals surface area contributed by atoms with E-state index in [1.54, 1.807) is 36.4 Å². The van der Waals surface area contributed by atoms with E-state index in [-0.39, 0.29) is 18.8 Å². The van der Waals surface area contributed by atoms with Gasteiger partial charge in [0.15, 0.2) is 0 Å². The molecule has 0 saturated heterocycles. The van der Waals surface area contributed by atoms with Crippen molar-refractivity contribution in [1.29, 1.82) is 0 Å². The molecule has 0 aliphatic carbocycles. The molecule has 0 aliphatic heterocycles. The van der Waals surface area contributed by atoms with E-state index in [1.807, 2.05) is 50.2 Å². The fraction of sp³-hybridized carbons (Fsp3) is 0.154. The van der Waals surface area contributed by atoms with Crippen LogP contribution in [0.3, 0.4) is 0 Å². The molecule has 0 unspecified atom stereocenters. The minimum absolute atomic E-state index is 0.0936. The van der Waals surface area contributed by atoms with Gasteiger partial charge in [-0.15, -0.1) is 0 Å². The van der Waals surface area contributed by atoms with Gasteiger partial charge in [-0.1, -0.05) is 66.2 Å². The van der Waals surface area contributed by atoms with Gasteiger partial charge < -0.3 is 5.32 Å². The molecular formula is C26H23ClN4O3. The Bertz CT molecular complexity index is 1480. The van der Waals surface area contributed by atoms with E-state index in [1.165, 1.54) is 0 Å². The number of hydrogen-bond donors (Lipinski definition) is 1. The lowest BCUT2D eigenvalue weighted by Gasteiger charge is -2.14. The number of hydrogen-bond acceptors (Lipinski definition) is 4. The van der Waals surface area contributed by atoms with Crippen molar-refractivity contribution in [2.45, 2.75) is 26.9 Å². The van der Waals surface area contributed by atoms with Gasteiger partial charge in [0.25, 0.3) is 11.5 Å². The average molecular weight is 475 g/mol. The molecule has 1 N–H and O–H groups in total. The standard InChI is InChI=1S/C26H23ClN4O3/c1-17-12-13-21(14-18(17)2)31-26(34)30(16-20-10-6-7-11-22(20)27)25(33)23(29-31)24(32)28-15-19-8-4-3-5-9-19/h3-14H,15-16H2,1-2H3,(H,28,32). The number of carbonyl (C=O) groups is 1. The Morgan fingerprint density at radius 1 is 0.941 bits per heavy atom. The normalized spacial score (nSPS) is 10.8. The Hall–Kier alpha value is -3.97. The molecule has 4 aromatic rings. The van der Waals surface area contributed by atoms with Crippen molar-refractivity contribution < 1.29 is 4.79 Å². The second kappa shape index (κ2) is 9.89. The van der Waals surface area contributed by atoms with E-state index in [9.17, 15) is 14.4 Å². The minimum atomic E-state index is -0.782. The number of aromatic nitrogens is 3. The van der Waals surface area contributed by atoms with Crippen molar-refractivity contribution in [1.82, 2.24) is 19.7 Å². The van der Waals surface area contributed by atoms with E-state index in [2.05, 4.69) is 10.4 Å². The maximum absolute atomic E-state index is 13.3. The second-order valence-electron chi connectivity index (χ2n) is 7.96. The molecule has 1 aromatic heterocycles. The predicted octanol–water partition coefficient (Wildman–Crippen LogP) is 3.64. The Balaban J connectivity index is 1.82. The number of rotatable bonds is 6. The molecule has 4 rings (SSSR count). The Labute approximate surface area is 201 Å². The fourth-order valence-electron chi connectivity index (χ4n) is 3.48. The van der Waals surface area contributed by atoms with Gasteiger partial charge in [0.1, 0.15) is 0 Å². The molecule has 0 atom stereocenters. The molecular weight excluding hydrogens is 452 g/mol. The van der Waals surface area contributed by atoms with Crippen LogP contribution in [0.4, 0.5) is 0 Å². The highest BCUT2D eigenvalue weighted by Crippen LogP contribution is 2.16. The molecule has 34 heavy (non-hydrogen) atoms. The first-order valence-corrected chi connectivity index (χ1v) is 11.1. The highest BCUT2D eigenvalue weighted by atomic mass is 35.5. The average Bonchev–Trinajstić information content (AvgIpc) is 2.84. The lowest BCUT2D eigenvalue weighted by Crippen LogP contribution is -2.46. The summed E-state index contributed by atoms with van der Waals surface area (Å²) in [5.74, 6) is -0.667. The van der Waals surface area contributed by atoms with Gasteiger partial charge in [-0.05, 0) is 54.3 Å². The molecule has 3 aromatic carbocycles. The van der Waals surface area contributed by atoms with Gasteiger partial charge in [-0.3, -0.25) is 14.2 Å². The van der Waals surface area contributed by atoms with E-state index >= 15 is 0 Å². The van der Waals surface area contributed by atoms with E-state index < -0.39 is 17.2 Å². The number of nitrogens with one attached hydrogen (secondary N) is 1. The summed E-state index contributed by atoms with van der Waals surface area (Å²) in [4.78, 5) is 39.6. The summed E-state index contributed by atoms with van der Waals surface area (Å²) >= 11 is 6.27. The molecule has 8 heteroatoms. The smallest absolute Gasteiger partial charge is 0.346 e. The predicted molar refractivity (Wildman–Crippen MR) is 132 cm³/mol. The maximum atomic E-state index is 13.3. The molecule has 1 heterocycles. The largest absolute Gasteiger partial charge is 0.352 e. The summed E-state index contributed by atoms with van der Waals surface area (Å²) in [6, 6.07) is 21.6. The molecule has 0 bridgehead atoms. The zero-order valence-electron chi connectivity index (χ0n) is 18.8. The molecule has 1 amide bonds. The maximum Gasteiger partial charge on any atom is 0.352 e. The van der Waals surface area contributed by atoms with Gasteiger partial charge in [0, 0.05) is 11.6 Å². The summed E-state index contributed by atoms with van der Waals surface area (Å²) in [5, 5.41) is 7.31. The first-order valence-electron chi connectivity index (χ1n) is 10.7. The van der Waals surface area contributed by atoms with Gasteiger partial charge >= 0.3 is 5.69 Å². The van der Waals surface area contributed by atoms with Crippen LogP contribution in [0.5, 0.6) is 0 Å². The van der Waals surface area contributed by atoms with Crippen molar-refractivity contribution in [3.8, 4) is 5.69 Å². The number of nitrogens with zero attached hydrogens (tertiary/aromatic N) is 3. The summed E-state index contributed by atoms with van der Waals surface area (Å²) < 4.78 is 2.07. The quantitative estimate of drug-likeness (QED) is 0.462. The van der Waals surface area contributed by atoms with E-state index in [4.69, 9.17) is 11.6 Å². The van der Waals surface area contributed by atoms with Crippen LogP contribution in [-0.2, 0) is 13.1 Å². The highest BCUT2D eigenvalue weighted by Gasteiger charge is 2.21.